The van der Waals surface area contributed by atoms with E-state index in [9.17, 15) is 0 Å². The monoisotopic (exact) mass is 204 g/mol. The molecule has 1 saturated heterocycles. The molecule has 0 aromatic heterocycles. The first kappa shape index (κ1) is 9.21. The lowest BCUT2D eigenvalue weighted by Gasteiger charge is -2.49. The number of halogens is 1. The summed E-state index contributed by atoms with van der Waals surface area (Å²) in [5.74, 6) is 5.53. The SMILES string of the molecule is CC1CC(CCl)(C2CCSC2)C1. The lowest BCUT2D eigenvalue weighted by molar-refractivity contribution is 0.0346. The predicted octanol–water partition coefficient (Wildman–Crippen LogP) is 3.39. The summed E-state index contributed by atoms with van der Waals surface area (Å²) in [6, 6.07) is 0. The van der Waals surface area contributed by atoms with Crippen molar-refractivity contribution in [1.29, 1.82) is 0 Å². The van der Waals surface area contributed by atoms with Gasteiger partial charge in [0.2, 0.25) is 0 Å². The summed E-state index contributed by atoms with van der Waals surface area (Å²) in [6.07, 6.45) is 4.20. The molecule has 0 aromatic carbocycles. The Hall–Kier alpha value is 0.640. The van der Waals surface area contributed by atoms with E-state index in [2.05, 4.69) is 18.7 Å². The summed E-state index contributed by atoms with van der Waals surface area (Å²) in [4.78, 5) is 0. The van der Waals surface area contributed by atoms with Crippen molar-refractivity contribution in [3.05, 3.63) is 0 Å². The van der Waals surface area contributed by atoms with E-state index in [0.29, 0.717) is 5.41 Å². The first-order valence-corrected chi connectivity index (χ1v) is 6.59. The number of rotatable bonds is 2. The van der Waals surface area contributed by atoms with Crippen LogP contribution in [0.5, 0.6) is 0 Å². The molecule has 2 aliphatic rings. The van der Waals surface area contributed by atoms with E-state index in [-0.39, 0.29) is 0 Å². The van der Waals surface area contributed by atoms with Crippen LogP contribution in [0.2, 0.25) is 0 Å². The van der Waals surface area contributed by atoms with Gasteiger partial charge in [-0.3, -0.25) is 0 Å². The molecule has 1 atom stereocenters. The first-order chi connectivity index (χ1) is 5.77. The van der Waals surface area contributed by atoms with Gasteiger partial charge in [-0.05, 0) is 48.0 Å². The second-order valence-corrected chi connectivity index (χ2v) is 5.99. The van der Waals surface area contributed by atoms with Crippen LogP contribution in [0, 0.1) is 17.3 Å². The molecule has 1 aliphatic heterocycles. The summed E-state index contributed by atoms with van der Waals surface area (Å²) < 4.78 is 0. The van der Waals surface area contributed by atoms with Crippen molar-refractivity contribution in [1.82, 2.24) is 0 Å². The average Bonchev–Trinajstić information content (AvgIpc) is 2.50. The molecule has 2 heteroatoms. The maximum atomic E-state index is 6.10. The molecule has 0 amide bonds. The molecule has 0 N–H and O–H groups in total. The lowest BCUT2D eigenvalue weighted by Crippen LogP contribution is -2.44. The van der Waals surface area contributed by atoms with Gasteiger partial charge in [-0.25, -0.2) is 0 Å². The van der Waals surface area contributed by atoms with Gasteiger partial charge in [0.1, 0.15) is 0 Å². The van der Waals surface area contributed by atoms with Crippen molar-refractivity contribution in [2.45, 2.75) is 26.2 Å². The van der Waals surface area contributed by atoms with Crippen LogP contribution in [-0.4, -0.2) is 17.4 Å². The molecule has 1 heterocycles. The Labute approximate surface area is 84.4 Å². The van der Waals surface area contributed by atoms with Crippen LogP contribution in [-0.2, 0) is 0 Å². The molecule has 12 heavy (non-hydrogen) atoms. The summed E-state index contributed by atoms with van der Waals surface area (Å²) in [7, 11) is 0. The predicted molar refractivity (Wildman–Crippen MR) is 57.0 cm³/mol. The van der Waals surface area contributed by atoms with Gasteiger partial charge in [-0.1, -0.05) is 6.92 Å². The number of alkyl halides is 1. The first-order valence-electron chi connectivity index (χ1n) is 4.90. The Kier molecular flexibility index (Phi) is 2.62. The van der Waals surface area contributed by atoms with E-state index < -0.39 is 0 Å². The largest absolute Gasteiger partial charge is 0.162 e. The highest BCUT2D eigenvalue weighted by molar-refractivity contribution is 7.99. The fraction of sp³-hybridized carbons (Fsp3) is 1.00. The maximum absolute atomic E-state index is 6.10. The fourth-order valence-corrected chi connectivity index (χ4v) is 4.76. The maximum Gasteiger partial charge on any atom is 0.0283 e. The van der Waals surface area contributed by atoms with Gasteiger partial charge in [0.05, 0.1) is 0 Å². The molecular formula is C10H17ClS. The quantitative estimate of drug-likeness (QED) is 0.622. The number of hydrogen-bond acceptors (Lipinski definition) is 1. The zero-order valence-electron chi connectivity index (χ0n) is 7.68. The number of hydrogen-bond donors (Lipinski definition) is 0. The van der Waals surface area contributed by atoms with Gasteiger partial charge in [0.25, 0.3) is 0 Å². The average molecular weight is 205 g/mol. The third-order valence-electron chi connectivity index (χ3n) is 3.57. The van der Waals surface area contributed by atoms with Crippen LogP contribution in [0.15, 0.2) is 0 Å². The van der Waals surface area contributed by atoms with Crippen molar-refractivity contribution in [3.8, 4) is 0 Å². The topological polar surface area (TPSA) is 0 Å². The smallest absolute Gasteiger partial charge is 0.0283 e. The van der Waals surface area contributed by atoms with Crippen LogP contribution < -0.4 is 0 Å². The molecule has 2 fully saturated rings. The zero-order valence-corrected chi connectivity index (χ0v) is 9.26. The van der Waals surface area contributed by atoms with Crippen molar-refractivity contribution in [2.75, 3.05) is 17.4 Å². The molecule has 0 nitrogen and oxygen atoms in total. The molecule has 0 spiro atoms. The Morgan fingerprint density at radius 1 is 1.50 bits per heavy atom. The van der Waals surface area contributed by atoms with Crippen LogP contribution in [0.3, 0.4) is 0 Å². The highest BCUT2D eigenvalue weighted by Crippen LogP contribution is 2.55. The molecule has 2 rings (SSSR count). The Balaban J connectivity index is 1.98. The van der Waals surface area contributed by atoms with Gasteiger partial charge in [-0.2, -0.15) is 11.8 Å². The molecule has 1 aliphatic carbocycles. The van der Waals surface area contributed by atoms with Crippen LogP contribution in [0.1, 0.15) is 26.2 Å². The van der Waals surface area contributed by atoms with E-state index in [1.807, 2.05) is 0 Å². The van der Waals surface area contributed by atoms with Crippen molar-refractivity contribution >= 4 is 23.4 Å². The van der Waals surface area contributed by atoms with Gasteiger partial charge < -0.3 is 0 Å². The third kappa shape index (κ3) is 1.39. The van der Waals surface area contributed by atoms with Crippen LogP contribution in [0.25, 0.3) is 0 Å². The summed E-state index contributed by atoms with van der Waals surface area (Å²) in [6.45, 7) is 2.35. The second kappa shape index (κ2) is 3.42. The normalized spacial score (nSPS) is 47.5. The highest BCUT2D eigenvalue weighted by atomic mass is 35.5. The van der Waals surface area contributed by atoms with Crippen molar-refractivity contribution < 1.29 is 0 Å². The molecular weight excluding hydrogens is 188 g/mol. The summed E-state index contributed by atoms with van der Waals surface area (Å²) >= 11 is 8.21. The lowest BCUT2D eigenvalue weighted by atomic mass is 9.57. The molecule has 1 unspecified atom stereocenters. The van der Waals surface area contributed by atoms with Gasteiger partial charge in [-0.15, -0.1) is 11.6 Å². The Morgan fingerprint density at radius 2 is 2.25 bits per heavy atom. The highest BCUT2D eigenvalue weighted by Gasteiger charge is 2.47. The molecule has 1 saturated carbocycles. The standard InChI is InChI=1S/C10H17ClS/c1-8-4-10(5-8,7-11)9-2-3-12-6-9/h8-9H,2-7H2,1H3. The van der Waals surface area contributed by atoms with E-state index >= 15 is 0 Å². The molecule has 0 bridgehead atoms. The van der Waals surface area contributed by atoms with E-state index in [1.54, 1.807) is 0 Å². The van der Waals surface area contributed by atoms with Crippen LogP contribution >= 0.6 is 23.4 Å². The Bertz CT molecular complexity index is 157. The van der Waals surface area contributed by atoms with Gasteiger partial charge in [0.15, 0.2) is 0 Å². The second-order valence-electron chi connectivity index (χ2n) is 4.57. The Morgan fingerprint density at radius 3 is 2.67 bits per heavy atom. The van der Waals surface area contributed by atoms with Crippen LogP contribution in [0.4, 0.5) is 0 Å². The van der Waals surface area contributed by atoms with Gasteiger partial charge >= 0.3 is 0 Å². The fourth-order valence-electron chi connectivity index (χ4n) is 2.90. The van der Waals surface area contributed by atoms with Gasteiger partial charge in [0, 0.05) is 5.88 Å². The minimum atomic E-state index is 0.560. The van der Waals surface area contributed by atoms with Crippen molar-refractivity contribution in [2.24, 2.45) is 17.3 Å². The van der Waals surface area contributed by atoms with E-state index in [1.165, 1.54) is 30.8 Å². The third-order valence-corrected chi connectivity index (χ3v) is 5.27. The summed E-state index contributed by atoms with van der Waals surface area (Å²) in [5, 5.41) is 0. The molecule has 70 valence electrons. The number of thioether (sulfide) groups is 1. The zero-order chi connectivity index (χ0) is 8.60. The summed E-state index contributed by atoms with van der Waals surface area (Å²) in [5.41, 5.74) is 0.560. The minimum Gasteiger partial charge on any atom is -0.162 e. The van der Waals surface area contributed by atoms with Crippen molar-refractivity contribution in [3.63, 3.8) is 0 Å². The van der Waals surface area contributed by atoms with E-state index in [4.69, 9.17) is 11.6 Å². The molecule has 0 radical (unpaired) electrons. The van der Waals surface area contributed by atoms with E-state index in [0.717, 1.165) is 17.7 Å². The minimum absolute atomic E-state index is 0.560. The molecule has 0 aromatic rings.